The largest absolute Gasteiger partial charge is 0.604 e. The third kappa shape index (κ3) is 5.10. The van der Waals surface area contributed by atoms with E-state index >= 15 is 0 Å². The first-order valence-corrected chi connectivity index (χ1v) is 10.2. The third-order valence-corrected chi connectivity index (χ3v) is 5.54. The van der Waals surface area contributed by atoms with Crippen LogP contribution in [0.25, 0.3) is 0 Å². The summed E-state index contributed by atoms with van der Waals surface area (Å²) in [5, 5.41) is 31.7. The maximum Gasteiger partial charge on any atom is 0.305 e. The fraction of sp³-hybridized carbons (Fsp3) is 0.450. The van der Waals surface area contributed by atoms with E-state index in [0.29, 0.717) is 11.8 Å². The molecule has 1 aromatic rings. The number of quaternary nitrogens is 1. The van der Waals surface area contributed by atoms with Crippen LogP contribution in [0.3, 0.4) is 0 Å². The Kier molecular flexibility index (Phi) is 7.18. The van der Waals surface area contributed by atoms with Crippen LogP contribution in [0.15, 0.2) is 30.3 Å². The van der Waals surface area contributed by atoms with Crippen molar-refractivity contribution in [2.75, 3.05) is 19.8 Å². The Hall–Kier alpha value is -3.35. The van der Waals surface area contributed by atoms with Gasteiger partial charge in [0.1, 0.15) is 25.4 Å². The molecule has 4 N–H and O–H groups in total. The molecule has 1 aromatic carbocycles. The molecule has 3 unspecified atom stereocenters. The molecular weight excluding hydrogens is 422 g/mol. The molecule has 0 aromatic heterocycles. The monoisotopic (exact) mass is 447 g/mol. The van der Waals surface area contributed by atoms with Gasteiger partial charge in [0, 0.05) is 24.9 Å². The number of aliphatic carboxylic acids is 1. The molecule has 2 aliphatic rings. The smallest absolute Gasteiger partial charge is 0.305 e. The van der Waals surface area contributed by atoms with E-state index in [-0.39, 0.29) is 32.6 Å². The second-order valence-electron chi connectivity index (χ2n) is 7.78. The van der Waals surface area contributed by atoms with Crippen molar-refractivity contribution in [2.24, 2.45) is 5.92 Å². The number of nitrogens with one attached hydrogen (secondary N) is 3. The molecule has 4 atom stereocenters. The molecule has 12 nitrogen and oxygen atoms in total. The summed E-state index contributed by atoms with van der Waals surface area (Å²) in [5.41, 5.74) is 0.354. The Balaban J connectivity index is 1.79. The van der Waals surface area contributed by atoms with Gasteiger partial charge in [0.2, 0.25) is 5.91 Å². The van der Waals surface area contributed by atoms with Gasteiger partial charge in [0.25, 0.3) is 11.8 Å². The number of rotatable bonds is 7. The highest BCUT2D eigenvalue weighted by Crippen LogP contribution is 2.29. The lowest BCUT2D eigenvalue weighted by Crippen LogP contribution is -2.72. The number of benzene rings is 1. The number of nitrogens with zero attached hydrogens (tertiary/aromatic N) is 2. The number of carbonyl (C=O) groups excluding carboxylic acids is 4. The van der Waals surface area contributed by atoms with E-state index < -0.39 is 53.0 Å². The van der Waals surface area contributed by atoms with E-state index in [1.165, 1.54) is 0 Å². The summed E-state index contributed by atoms with van der Waals surface area (Å²) >= 11 is 0. The Morgan fingerprint density at radius 2 is 2.03 bits per heavy atom. The lowest BCUT2D eigenvalue weighted by molar-refractivity contribution is -1.01. The Bertz CT molecular complexity index is 896. The first kappa shape index (κ1) is 23.3. The van der Waals surface area contributed by atoms with Crippen molar-refractivity contribution >= 4 is 30.0 Å². The SMILES string of the molecule is O=C[C@H](CC(=O)O)NC(=O)C1CNCN2C(=O)CCC(NC(=O)c3ccccc3)[N+]2([O-])C1. The van der Waals surface area contributed by atoms with E-state index in [4.69, 9.17) is 5.11 Å². The minimum atomic E-state index is -1.26. The highest BCUT2D eigenvalue weighted by atomic mass is 16.6. The number of amides is 3. The lowest BCUT2D eigenvalue weighted by atomic mass is 10.1. The average molecular weight is 447 g/mol. The van der Waals surface area contributed by atoms with Gasteiger partial charge in [-0.25, -0.2) is 4.76 Å². The molecule has 0 bridgehead atoms. The topological polar surface area (TPSA) is 168 Å². The first-order chi connectivity index (χ1) is 15.2. The van der Waals surface area contributed by atoms with Crippen LogP contribution in [0.5, 0.6) is 0 Å². The number of hydrogen-bond acceptors (Lipinski definition) is 7. The zero-order chi connectivity index (χ0) is 23.3. The van der Waals surface area contributed by atoms with Crippen LogP contribution < -0.4 is 16.0 Å². The van der Waals surface area contributed by atoms with Gasteiger partial charge in [-0.2, -0.15) is 5.01 Å². The highest BCUT2D eigenvalue weighted by molar-refractivity contribution is 5.94. The number of carbonyl (C=O) groups is 5. The van der Waals surface area contributed by atoms with Gasteiger partial charge < -0.3 is 25.7 Å². The predicted molar refractivity (Wildman–Crippen MR) is 109 cm³/mol. The molecule has 172 valence electrons. The van der Waals surface area contributed by atoms with Crippen LogP contribution in [0.4, 0.5) is 0 Å². The normalized spacial score (nSPS) is 26.3. The molecule has 3 amide bonds. The molecule has 0 spiro atoms. The second kappa shape index (κ2) is 9.85. The van der Waals surface area contributed by atoms with Crippen molar-refractivity contribution in [3.63, 3.8) is 0 Å². The van der Waals surface area contributed by atoms with Gasteiger partial charge in [-0.1, -0.05) is 18.2 Å². The fourth-order valence-corrected chi connectivity index (χ4v) is 3.90. The Morgan fingerprint density at radius 3 is 2.69 bits per heavy atom. The Labute approximate surface area is 183 Å². The maximum absolute atomic E-state index is 13.9. The van der Waals surface area contributed by atoms with Crippen molar-refractivity contribution < 1.29 is 33.8 Å². The molecule has 2 saturated heterocycles. The predicted octanol–water partition coefficient (Wildman–Crippen LogP) is -1.07. The number of carboxylic acid groups (broad SMARTS) is 1. The summed E-state index contributed by atoms with van der Waals surface area (Å²) in [7, 11) is 0. The summed E-state index contributed by atoms with van der Waals surface area (Å²) in [6, 6.07) is 7.07. The lowest BCUT2D eigenvalue weighted by Gasteiger charge is -2.55. The maximum atomic E-state index is 13.9. The van der Waals surface area contributed by atoms with Crippen molar-refractivity contribution in [3.8, 4) is 0 Å². The summed E-state index contributed by atoms with van der Waals surface area (Å²) < 4.78 is -1.26. The molecule has 2 fully saturated rings. The second-order valence-corrected chi connectivity index (χ2v) is 7.78. The molecule has 2 aliphatic heterocycles. The minimum absolute atomic E-state index is 0.0376. The number of fused-ring (bicyclic) bond motifs is 1. The molecule has 2 heterocycles. The highest BCUT2D eigenvalue weighted by Gasteiger charge is 2.48. The van der Waals surface area contributed by atoms with E-state index in [1.54, 1.807) is 30.3 Å². The van der Waals surface area contributed by atoms with Gasteiger partial charge in [-0.15, -0.1) is 0 Å². The summed E-state index contributed by atoms with van der Waals surface area (Å²) in [6.07, 6.45) is -1.12. The van der Waals surface area contributed by atoms with Crippen LogP contribution in [-0.4, -0.2) is 76.8 Å². The Morgan fingerprint density at radius 1 is 1.31 bits per heavy atom. The number of hydroxylamine groups is 2. The summed E-state index contributed by atoms with van der Waals surface area (Å²) in [6.45, 7) is -0.450. The van der Waals surface area contributed by atoms with Crippen LogP contribution in [-0.2, 0) is 19.2 Å². The van der Waals surface area contributed by atoms with E-state index in [9.17, 15) is 29.2 Å². The number of aldehydes is 1. The quantitative estimate of drug-likeness (QED) is 0.233. The van der Waals surface area contributed by atoms with Crippen LogP contribution >= 0.6 is 0 Å². The molecule has 32 heavy (non-hydrogen) atoms. The van der Waals surface area contributed by atoms with Crippen molar-refractivity contribution in [1.29, 1.82) is 0 Å². The first-order valence-electron chi connectivity index (χ1n) is 10.2. The van der Waals surface area contributed by atoms with E-state index in [2.05, 4.69) is 16.0 Å². The van der Waals surface area contributed by atoms with Crippen LogP contribution in [0.2, 0.25) is 0 Å². The third-order valence-electron chi connectivity index (χ3n) is 5.54. The van der Waals surface area contributed by atoms with E-state index in [0.717, 1.165) is 5.01 Å². The van der Waals surface area contributed by atoms with Crippen molar-refractivity contribution in [3.05, 3.63) is 41.1 Å². The molecule has 0 aliphatic carbocycles. The van der Waals surface area contributed by atoms with Crippen molar-refractivity contribution in [2.45, 2.75) is 31.5 Å². The van der Waals surface area contributed by atoms with Gasteiger partial charge in [0.05, 0.1) is 12.5 Å². The summed E-state index contributed by atoms with van der Waals surface area (Å²) in [5.74, 6) is -3.78. The average Bonchev–Trinajstić information content (AvgIpc) is 2.95. The minimum Gasteiger partial charge on any atom is -0.604 e. The standard InChI is InChI=1S/C20H25N5O7/c26-11-15(8-18(28)29)22-20(31)14-9-21-12-24-17(27)7-6-16(25(24,32)10-14)23-19(30)13-4-2-1-3-5-13/h1-5,11,14-16,21H,6-10,12H2,(H,22,31)(H,23,30)(H,28,29)/t14?,15-,16?,25?/m0/s1. The number of hydrogen-bond donors (Lipinski definition) is 4. The van der Waals surface area contributed by atoms with E-state index in [1.807, 2.05) is 0 Å². The zero-order valence-electron chi connectivity index (χ0n) is 17.2. The van der Waals surface area contributed by atoms with Gasteiger partial charge in [-0.3, -0.25) is 24.5 Å². The van der Waals surface area contributed by atoms with Crippen molar-refractivity contribution in [1.82, 2.24) is 21.0 Å². The molecular formula is C20H25N5O7. The fourth-order valence-electron chi connectivity index (χ4n) is 3.90. The van der Waals surface area contributed by atoms with Gasteiger partial charge >= 0.3 is 5.97 Å². The zero-order valence-corrected chi connectivity index (χ0v) is 17.2. The molecule has 0 radical (unpaired) electrons. The van der Waals surface area contributed by atoms with Crippen LogP contribution in [0.1, 0.15) is 29.6 Å². The molecule has 0 saturated carbocycles. The van der Waals surface area contributed by atoms with Crippen LogP contribution in [0, 0.1) is 11.1 Å². The van der Waals surface area contributed by atoms with Gasteiger partial charge in [-0.05, 0) is 12.1 Å². The van der Waals surface area contributed by atoms with Gasteiger partial charge in [0.15, 0.2) is 6.17 Å². The number of carboxylic acids is 1. The summed E-state index contributed by atoms with van der Waals surface area (Å²) in [4.78, 5) is 59.8. The molecule has 3 rings (SSSR count). The molecule has 12 heteroatoms.